The normalized spacial score (nSPS) is 31.8. The summed E-state index contributed by atoms with van der Waals surface area (Å²) >= 11 is 5.55. The van der Waals surface area contributed by atoms with Crippen LogP contribution in [0.3, 0.4) is 0 Å². The molecule has 3 aliphatic carbocycles. The van der Waals surface area contributed by atoms with E-state index in [1.165, 1.54) is 13.2 Å². The second kappa shape index (κ2) is 11.7. The Bertz CT molecular complexity index is 1010. The summed E-state index contributed by atoms with van der Waals surface area (Å²) in [6, 6.07) is 6.47. The van der Waals surface area contributed by atoms with Gasteiger partial charge in [-0.2, -0.15) is 0 Å². The van der Waals surface area contributed by atoms with Gasteiger partial charge < -0.3 is 0 Å². The molecule has 196 valence electrons. The molecule has 4 rings (SSSR count). The molecule has 8 heteroatoms. The van der Waals surface area contributed by atoms with Gasteiger partial charge in [0.05, 0.1) is 0 Å². The predicted molar refractivity (Wildman–Crippen MR) is 138 cm³/mol. The molecular formula is C28H35ClO6Se. The van der Waals surface area contributed by atoms with Crippen LogP contribution in [0.2, 0.25) is 9.84 Å². The van der Waals surface area contributed by atoms with E-state index < -0.39 is 31.9 Å². The number of carbonyl (C=O) groups is 3. The van der Waals surface area contributed by atoms with E-state index in [-0.39, 0.29) is 46.1 Å². The number of ether oxygens (including phenoxy) is 3. The van der Waals surface area contributed by atoms with Gasteiger partial charge in [-0.3, -0.25) is 0 Å². The van der Waals surface area contributed by atoms with E-state index in [9.17, 15) is 14.4 Å². The predicted octanol–water partition coefficient (Wildman–Crippen LogP) is 5.31. The van der Waals surface area contributed by atoms with Crippen LogP contribution in [0.1, 0.15) is 56.8 Å². The van der Waals surface area contributed by atoms with Crippen molar-refractivity contribution in [3.8, 4) is 0 Å². The summed E-state index contributed by atoms with van der Waals surface area (Å²) in [5, 5.41) is -0.645. The van der Waals surface area contributed by atoms with Crippen molar-refractivity contribution in [3.05, 3.63) is 47.0 Å². The zero-order chi connectivity index (χ0) is 26.0. The van der Waals surface area contributed by atoms with Gasteiger partial charge in [0.2, 0.25) is 0 Å². The molecule has 2 saturated carbocycles. The number of hydrogen-bond acceptors (Lipinski definition) is 6. The molecular weight excluding hydrogens is 547 g/mol. The fourth-order valence-electron chi connectivity index (χ4n) is 5.92. The Kier molecular flexibility index (Phi) is 8.85. The first-order chi connectivity index (χ1) is 17.2. The summed E-state index contributed by atoms with van der Waals surface area (Å²) in [7, 11) is 1.39. The molecule has 8 atom stereocenters. The second-order valence-corrected chi connectivity index (χ2v) is 13.7. The van der Waals surface area contributed by atoms with E-state index in [1.807, 2.05) is 0 Å². The number of methoxy groups -OCH3 is 1. The van der Waals surface area contributed by atoms with Crippen molar-refractivity contribution in [2.75, 3.05) is 7.11 Å². The summed E-state index contributed by atoms with van der Waals surface area (Å²) < 4.78 is 17.0. The molecule has 0 heterocycles. The van der Waals surface area contributed by atoms with Crippen molar-refractivity contribution < 1.29 is 28.6 Å². The van der Waals surface area contributed by atoms with Crippen LogP contribution < -0.4 is 0 Å². The molecule has 0 aliphatic heterocycles. The van der Waals surface area contributed by atoms with Crippen molar-refractivity contribution in [3.63, 3.8) is 0 Å². The summed E-state index contributed by atoms with van der Waals surface area (Å²) in [4.78, 5) is 39.2. The van der Waals surface area contributed by atoms with Crippen LogP contribution in [-0.4, -0.2) is 51.1 Å². The van der Waals surface area contributed by atoms with Crippen LogP contribution >= 0.6 is 11.6 Å². The van der Waals surface area contributed by atoms with E-state index >= 15 is 0 Å². The van der Waals surface area contributed by atoms with Crippen LogP contribution in [0.4, 0.5) is 0 Å². The second-order valence-electron chi connectivity index (χ2n) is 10.6. The number of esters is 3. The number of halogens is 1. The molecule has 2 fully saturated rings. The van der Waals surface area contributed by atoms with Crippen LogP contribution in [0.25, 0.3) is 0 Å². The minimum absolute atomic E-state index is 0.0964. The quantitative estimate of drug-likeness (QED) is 0.179. The molecule has 1 aromatic carbocycles. The molecule has 8 unspecified atom stereocenters. The maximum absolute atomic E-state index is 13.6. The fourth-order valence-corrected chi connectivity index (χ4v) is 9.21. The monoisotopic (exact) mass is 582 g/mol. The fraction of sp³-hybridized carbons (Fsp3) is 0.607. The van der Waals surface area contributed by atoms with Gasteiger partial charge in [-0.15, -0.1) is 0 Å². The number of fused-ring (bicyclic) bond motifs is 2. The molecule has 0 radical (unpaired) electrons. The van der Waals surface area contributed by atoms with Gasteiger partial charge in [0, 0.05) is 0 Å². The zero-order valence-electron chi connectivity index (χ0n) is 21.2. The van der Waals surface area contributed by atoms with Gasteiger partial charge in [0.15, 0.2) is 0 Å². The number of allylic oxidation sites excluding steroid dienone is 2. The van der Waals surface area contributed by atoms with Crippen molar-refractivity contribution in [2.45, 2.75) is 62.4 Å². The van der Waals surface area contributed by atoms with Gasteiger partial charge in [0.25, 0.3) is 0 Å². The van der Waals surface area contributed by atoms with Crippen molar-refractivity contribution in [2.24, 2.45) is 35.5 Å². The van der Waals surface area contributed by atoms with Gasteiger partial charge in [-0.25, -0.2) is 0 Å². The van der Waals surface area contributed by atoms with E-state index in [1.54, 1.807) is 18.2 Å². The first-order valence-electron chi connectivity index (χ1n) is 12.8. The Labute approximate surface area is 224 Å². The average Bonchev–Trinajstić information content (AvgIpc) is 3.45. The molecule has 3 aliphatic rings. The van der Waals surface area contributed by atoms with Gasteiger partial charge >= 0.3 is 225 Å². The Morgan fingerprint density at radius 2 is 1.83 bits per heavy atom. The van der Waals surface area contributed by atoms with Crippen LogP contribution in [0.5, 0.6) is 0 Å². The molecule has 0 aromatic heterocycles. The van der Waals surface area contributed by atoms with Gasteiger partial charge in [-0.1, -0.05) is 0 Å². The van der Waals surface area contributed by atoms with Crippen LogP contribution in [0.15, 0.2) is 36.4 Å². The van der Waals surface area contributed by atoms with E-state index in [0.717, 1.165) is 25.7 Å². The Hall–Kier alpha value is -1.82. The molecule has 2 bridgehead atoms. The number of hydrogen-bond donors (Lipinski definition) is 0. The Morgan fingerprint density at radius 3 is 2.53 bits per heavy atom. The minimum atomic E-state index is -1.06. The van der Waals surface area contributed by atoms with Crippen LogP contribution in [0, 0.1) is 35.5 Å². The van der Waals surface area contributed by atoms with Crippen molar-refractivity contribution in [1.82, 2.24) is 0 Å². The molecule has 6 nitrogen and oxygen atoms in total. The maximum atomic E-state index is 13.6. The first kappa shape index (κ1) is 27.2. The zero-order valence-corrected chi connectivity index (χ0v) is 23.7. The summed E-state index contributed by atoms with van der Waals surface area (Å²) in [5.74, 6) is -0.344. The third kappa shape index (κ3) is 6.00. The van der Waals surface area contributed by atoms with E-state index in [0.29, 0.717) is 16.9 Å². The van der Waals surface area contributed by atoms with Crippen molar-refractivity contribution >= 4 is 44.5 Å². The molecule has 1 aromatic rings. The topological polar surface area (TPSA) is 78.9 Å². The number of carbonyl (C=O) groups excluding carboxylic acids is 3. The third-order valence-corrected chi connectivity index (χ3v) is 11.2. The molecule has 36 heavy (non-hydrogen) atoms. The van der Waals surface area contributed by atoms with E-state index in [4.69, 9.17) is 25.8 Å². The number of rotatable bonds is 8. The molecule has 0 amide bonds. The third-order valence-electron chi connectivity index (χ3n) is 7.84. The standard InChI is InChI=1S/C28H35ClO6Se/c1-15(2)21-11-8-16(3)12-22(21)34-27(32)28(35-25(30)19-6-5-7-20(29)14-19)36-24-18-10-9-17(13-18)23(24)26(31)33-4/h5-7,9-10,14-18,21-24,28H,8,11-13H2,1-4H3. The molecule has 0 N–H and O–H groups in total. The Morgan fingerprint density at radius 1 is 1.08 bits per heavy atom. The van der Waals surface area contributed by atoms with Crippen molar-refractivity contribution in [1.29, 1.82) is 0 Å². The average molecular weight is 582 g/mol. The van der Waals surface area contributed by atoms with Gasteiger partial charge in [-0.05, 0) is 0 Å². The summed E-state index contributed by atoms with van der Waals surface area (Å²) in [5.41, 5.74) is 0.278. The molecule has 0 spiro atoms. The van der Waals surface area contributed by atoms with Crippen LogP contribution in [-0.2, 0) is 23.8 Å². The number of benzene rings is 1. The summed E-state index contributed by atoms with van der Waals surface area (Å²) in [6.07, 6.45) is 7.77. The Balaban J connectivity index is 1.56. The molecule has 0 saturated heterocycles. The van der Waals surface area contributed by atoms with E-state index in [2.05, 4.69) is 32.9 Å². The van der Waals surface area contributed by atoms with Gasteiger partial charge in [0.1, 0.15) is 0 Å². The summed E-state index contributed by atoms with van der Waals surface area (Å²) in [6.45, 7) is 6.50. The SMILES string of the molecule is COC(=O)C1C2C=CC(C2)C1[Se]C(OC(=O)c1cccc(Cl)c1)C(=O)OC1CC(C)CCC1C(C)C. The first-order valence-corrected chi connectivity index (χ1v) is 15.1.